The van der Waals surface area contributed by atoms with Crippen LogP contribution >= 0.6 is 0 Å². The zero-order chi connectivity index (χ0) is 43.0. The monoisotopic (exact) mass is 818 g/mol. The summed E-state index contributed by atoms with van der Waals surface area (Å²) in [5.41, 5.74) is 7.76. The normalized spacial score (nSPS) is 18.5. The Morgan fingerprint density at radius 1 is 0.500 bits per heavy atom. The Kier molecular flexibility index (Phi) is 17.2. The zero-order valence-electron chi connectivity index (χ0n) is 36.1. The third-order valence-corrected chi connectivity index (χ3v) is 11.9. The summed E-state index contributed by atoms with van der Waals surface area (Å²) in [4.78, 5) is 49.0. The lowest BCUT2D eigenvalue weighted by atomic mass is 9.75. The molecule has 0 heterocycles. The van der Waals surface area contributed by atoms with Crippen molar-refractivity contribution < 1.29 is 38.1 Å². The Hall–Kier alpha value is -5.64. The molecule has 4 aromatic rings. The van der Waals surface area contributed by atoms with Gasteiger partial charge in [-0.2, -0.15) is 0 Å². The predicted molar refractivity (Wildman–Crippen MR) is 233 cm³/mol. The number of amides is 2. The molecule has 4 atom stereocenters. The number of hydrogen-bond donors (Lipinski definition) is 2. The van der Waals surface area contributed by atoms with Crippen LogP contribution in [0.25, 0.3) is 0 Å². The highest BCUT2D eigenvalue weighted by molar-refractivity contribution is 5.89. The summed E-state index contributed by atoms with van der Waals surface area (Å²) in [6, 6.07) is 26.9. The van der Waals surface area contributed by atoms with E-state index in [1.807, 2.05) is 36.4 Å². The van der Waals surface area contributed by atoms with Crippen molar-refractivity contribution in [2.24, 2.45) is 23.7 Å². The molecule has 2 amide bonds. The van der Waals surface area contributed by atoms with E-state index in [2.05, 4.69) is 48.7 Å². The van der Waals surface area contributed by atoms with Gasteiger partial charge in [0.05, 0.1) is 39.6 Å². The van der Waals surface area contributed by atoms with Gasteiger partial charge in [-0.1, -0.05) is 62.1 Å². The van der Waals surface area contributed by atoms with Gasteiger partial charge in [-0.05, 0) is 146 Å². The summed E-state index contributed by atoms with van der Waals surface area (Å²) in [6.07, 6.45) is 10.3. The second-order valence-electron chi connectivity index (χ2n) is 16.2. The Morgan fingerprint density at radius 2 is 0.867 bits per heavy atom. The third-order valence-electron chi connectivity index (χ3n) is 11.9. The molecule has 10 nitrogen and oxygen atoms in total. The molecule has 0 aliphatic heterocycles. The van der Waals surface area contributed by atoms with E-state index in [0.29, 0.717) is 36.1 Å². The molecular formula is C50H62N2O8. The van der Waals surface area contributed by atoms with Crippen molar-refractivity contribution in [2.45, 2.75) is 91.1 Å². The topological polar surface area (TPSA) is 129 Å². The number of esters is 2. The quantitative estimate of drug-likeness (QED) is 0.121. The fraction of sp³-hybridized carbons (Fsp3) is 0.440. The average molecular weight is 819 g/mol. The Balaban J connectivity index is 0.000000228. The van der Waals surface area contributed by atoms with E-state index in [-0.39, 0.29) is 35.6 Å². The minimum atomic E-state index is -0.358. The second-order valence-corrected chi connectivity index (χ2v) is 16.2. The third kappa shape index (κ3) is 13.2. The molecule has 2 N–H and O–H groups in total. The molecule has 0 radical (unpaired) electrons. The van der Waals surface area contributed by atoms with Gasteiger partial charge >= 0.3 is 11.9 Å². The minimum Gasteiger partial charge on any atom is -0.497 e. The van der Waals surface area contributed by atoms with E-state index in [0.717, 1.165) is 74.0 Å². The van der Waals surface area contributed by atoms with Gasteiger partial charge in [0.15, 0.2) is 0 Å². The van der Waals surface area contributed by atoms with E-state index >= 15 is 0 Å². The summed E-state index contributed by atoms with van der Waals surface area (Å²) >= 11 is 0. The summed E-state index contributed by atoms with van der Waals surface area (Å²) in [5, 5.41) is 6.20. The standard InChI is InChI=1S/2C25H31NO4/c2*1-17-12-19(15-22(13-17)29-2)14-21-6-4-5-7-23(21)24(27)26-16-18-8-10-20(11-9-18)25(28)30-3/h2*8-13,15,21,23H,4-7,14,16H2,1-3H3,(H,26,27)/t21-,23+;21-,23-/m01/s1. The summed E-state index contributed by atoms with van der Waals surface area (Å²) in [7, 11) is 6.11. The van der Waals surface area contributed by atoms with Crippen LogP contribution in [0.1, 0.15) is 105 Å². The second kappa shape index (κ2) is 22.7. The van der Waals surface area contributed by atoms with Gasteiger partial charge in [0, 0.05) is 24.9 Å². The molecular weight excluding hydrogens is 757 g/mol. The molecule has 2 aliphatic rings. The van der Waals surface area contributed by atoms with Crippen molar-refractivity contribution in [2.75, 3.05) is 28.4 Å². The first kappa shape index (κ1) is 45.4. The van der Waals surface area contributed by atoms with E-state index in [1.165, 1.54) is 49.3 Å². The molecule has 0 aromatic heterocycles. The van der Waals surface area contributed by atoms with Gasteiger partial charge in [-0.3, -0.25) is 9.59 Å². The van der Waals surface area contributed by atoms with Crippen LogP contribution in [0, 0.1) is 37.5 Å². The van der Waals surface area contributed by atoms with Gasteiger partial charge in [0.2, 0.25) is 11.8 Å². The van der Waals surface area contributed by atoms with Crippen molar-refractivity contribution in [1.82, 2.24) is 10.6 Å². The average Bonchev–Trinajstić information content (AvgIpc) is 3.27. The molecule has 4 aromatic carbocycles. The van der Waals surface area contributed by atoms with Crippen molar-refractivity contribution in [3.63, 3.8) is 0 Å². The van der Waals surface area contributed by atoms with Gasteiger partial charge < -0.3 is 29.6 Å². The Morgan fingerprint density at radius 3 is 1.22 bits per heavy atom. The molecule has 2 aliphatic carbocycles. The highest BCUT2D eigenvalue weighted by atomic mass is 16.5. The van der Waals surface area contributed by atoms with Crippen LogP contribution in [0.5, 0.6) is 11.5 Å². The number of hydrogen-bond acceptors (Lipinski definition) is 8. The maximum atomic E-state index is 13.0. The number of methoxy groups -OCH3 is 4. The van der Waals surface area contributed by atoms with Crippen molar-refractivity contribution in [3.8, 4) is 11.5 Å². The van der Waals surface area contributed by atoms with Crippen LogP contribution in [0.3, 0.4) is 0 Å². The molecule has 0 spiro atoms. The molecule has 60 heavy (non-hydrogen) atoms. The first-order valence-electron chi connectivity index (χ1n) is 21.2. The van der Waals surface area contributed by atoms with E-state index in [9.17, 15) is 19.2 Å². The maximum absolute atomic E-state index is 13.0. The summed E-state index contributed by atoms with van der Waals surface area (Å²) in [5.74, 6) is 2.01. The van der Waals surface area contributed by atoms with Crippen molar-refractivity contribution in [1.29, 1.82) is 0 Å². The van der Waals surface area contributed by atoms with Crippen LogP contribution in [0.15, 0.2) is 84.9 Å². The Labute approximate surface area is 355 Å². The van der Waals surface area contributed by atoms with Crippen molar-refractivity contribution in [3.05, 3.63) is 129 Å². The summed E-state index contributed by atoms with van der Waals surface area (Å²) in [6.45, 7) is 5.06. The molecule has 0 saturated heterocycles. The van der Waals surface area contributed by atoms with Gasteiger partial charge in [0.1, 0.15) is 11.5 Å². The number of ether oxygens (including phenoxy) is 4. The molecule has 0 unspecified atom stereocenters. The van der Waals surface area contributed by atoms with Crippen LogP contribution in [-0.4, -0.2) is 52.2 Å². The lowest BCUT2D eigenvalue weighted by molar-refractivity contribution is -0.128. The SMILES string of the molecule is COC(=O)c1ccc(CNC(=O)[C@@H]2CCCC[C@@H]2Cc2cc(C)cc(OC)c2)cc1.COC(=O)c1ccc(CNC(=O)[C@@H]2CCCC[C@H]2Cc2cc(C)cc(OC)c2)cc1. The first-order valence-corrected chi connectivity index (χ1v) is 21.2. The lowest BCUT2D eigenvalue weighted by Crippen LogP contribution is -2.37. The largest absolute Gasteiger partial charge is 0.497 e. The molecule has 320 valence electrons. The zero-order valence-corrected chi connectivity index (χ0v) is 36.1. The molecule has 10 heteroatoms. The summed E-state index contributed by atoms with van der Waals surface area (Å²) < 4.78 is 20.3. The molecule has 6 rings (SSSR count). The number of benzene rings is 4. The fourth-order valence-electron chi connectivity index (χ4n) is 8.71. The van der Waals surface area contributed by atoms with Gasteiger partial charge in [-0.25, -0.2) is 9.59 Å². The van der Waals surface area contributed by atoms with E-state index < -0.39 is 0 Å². The lowest BCUT2D eigenvalue weighted by Gasteiger charge is -2.31. The highest BCUT2D eigenvalue weighted by Crippen LogP contribution is 2.35. The molecule has 0 bridgehead atoms. The maximum Gasteiger partial charge on any atom is 0.337 e. The number of carbonyl (C=O) groups is 4. The van der Waals surface area contributed by atoms with Crippen LogP contribution in [0.4, 0.5) is 0 Å². The number of carbonyl (C=O) groups excluding carboxylic acids is 4. The molecule has 2 fully saturated rings. The van der Waals surface area contributed by atoms with Crippen LogP contribution in [0.2, 0.25) is 0 Å². The van der Waals surface area contributed by atoms with E-state index in [1.54, 1.807) is 38.5 Å². The van der Waals surface area contributed by atoms with Gasteiger partial charge in [-0.15, -0.1) is 0 Å². The Bertz CT molecular complexity index is 1900. The van der Waals surface area contributed by atoms with Crippen LogP contribution in [-0.2, 0) is 45.0 Å². The minimum absolute atomic E-state index is 0.0274. The molecule has 2 saturated carbocycles. The predicted octanol–water partition coefficient (Wildman–Crippen LogP) is 8.91. The number of rotatable bonds is 14. The number of aryl methyl sites for hydroxylation is 2. The van der Waals surface area contributed by atoms with E-state index in [4.69, 9.17) is 18.9 Å². The first-order chi connectivity index (χ1) is 29.0. The number of nitrogens with one attached hydrogen (secondary N) is 2. The fourth-order valence-corrected chi connectivity index (χ4v) is 8.71. The van der Waals surface area contributed by atoms with Gasteiger partial charge in [0.25, 0.3) is 0 Å². The highest BCUT2D eigenvalue weighted by Gasteiger charge is 2.32. The smallest absolute Gasteiger partial charge is 0.337 e. The van der Waals surface area contributed by atoms with Crippen LogP contribution < -0.4 is 20.1 Å². The van der Waals surface area contributed by atoms with Crippen molar-refractivity contribution >= 4 is 23.8 Å².